The zero-order chi connectivity index (χ0) is 17.1. The average Bonchev–Trinajstić information content (AvgIpc) is 2.92. The van der Waals surface area contributed by atoms with E-state index < -0.39 is 6.09 Å². The Morgan fingerprint density at radius 3 is 2.92 bits per heavy atom. The maximum Gasteiger partial charge on any atom is 0.411 e. The first kappa shape index (κ1) is 18.8. The van der Waals surface area contributed by atoms with Gasteiger partial charge in [0.15, 0.2) is 0 Å². The Balaban J connectivity index is 0.00000225. The molecule has 1 atom stereocenters. The number of rotatable bonds is 4. The zero-order valence-corrected chi connectivity index (χ0v) is 14.5. The molecule has 0 aliphatic heterocycles. The van der Waals surface area contributed by atoms with E-state index in [9.17, 15) is 9.18 Å². The number of nitrogen functional groups attached to an aromatic ring is 1. The van der Waals surface area contributed by atoms with Crippen molar-refractivity contribution in [2.24, 2.45) is 0 Å². The number of carbonyl (C=O) groups excluding carboxylic acids is 1. The minimum Gasteiger partial charge on any atom is -1.00 e. The summed E-state index contributed by atoms with van der Waals surface area (Å²) in [5, 5.41) is 5.93. The Kier molecular flexibility index (Phi) is 6.03. The lowest BCUT2D eigenvalue weighted by molar-refractivity contribution is -0.342. The highest BCUT2D eigenvalue weighted by Crippen LogP contribution is 2.33. The van der Waals surface area contributed by atoms with Gasteiger partial charge in [0.05, 0.1) is 12.6 Å². The normalized spacial score (nSPS) is 15.0. The Morgan fingerprint density at radius 2 is 2.20 bits per heavy atom. The molecule has 1 heterocycles. The third-order valence-corrected chi connectivity index (χ3v) is 4.00. The van der Waals surface area contributed by atoms with Gasteiger partial charge in [-0.25, -0.2) is 14.2 Å². The number of aryl methyl sites for hydroxylation is 1. The van der Waals surface area contributed by atoms with Crippen LogP contribution in [0.4, 0.5) is 26.5 Å². The quantitative estimate of drug-likeness (QED) is 0.704. The summed E-state index contributed by atoms with van der Waals surface area (Å²) in [5.41, 5.74) is 8.51. The Bertz CT molecular complexity index is 772. The van der Waals surface area contributed by atoms with E-state index in [1.54, 1.807) is 25.1 Å². The third kappa shape index (κ3) is 4.30. The predicted octanol–water partition coefficient (Wildman–Crippen LogP) is -0.106. The van der Waals surface area contributed by atoms with Crippen LogP contribution in [0.2, 0.25) is 0 Å². The molecular formula is C17H20ClFN4O2. The topological polar surface area (TPSA) is 90.5 Å². The smallest absolute Gasteiger partial charge is 0.411 e. The number of hydrogen-bond acceptors (Lipinski definition) is 4. The summed E-state index contributed by atoms with van der Waals surface area (Å²) in [7, 11) is 0. The van der Waals surface area contributed by atoms with E-state index in [1.807, 2.05) is 6.07 Å². The highest BCUT2D eigenvalue weighted by atomic mass is 35.5. The monoisotopic (exact) mass is 366 g/mol. The third-order valence-electron chi connectivity index (χ3n) is 4.00. The van der Waals surface area contributed by atoms with Gasteiger partial charge in [-0.2, -0.15) is 0 Å². The lowest BCUT2D eigenvalue weighted by Crippen LogP contribution is -3.00. The minimum atomic E-state index is -0.551. The number of halogens is 2. The summed E-state index contributed by atoms with van der Waals surface area (Å²) in [6.07, 6.45) is 1.17. The molecule has 0 fully saturated rings. The van der Waals surface area contributed by atoms with Crippen molar-refractivity contribution in [2.45, 2.75) is 25.8 Å². The second-order valence-electron chi connectivity index (χ2n) is 5.62. The largest absolute Gasteiger partial charge is 1.00 e. The van der Waals surface area contributed by atoms with Gasteiger partial charge in [0, 0.05) is 6.07 Å². The van der Waals surface area contributed by atoms with Crippen molar-refractivity contribution in [1.29, 1.82) is 0 Å². The molecule has 1 amide bonds. The minimum absolute atomic E-state index is 0. The van der Waals surface area contributed by atoms with Crippen LogP contribution < -0.4 is 33.8 Å². The number of amides is 1. The lowest BCUT2D eigenvalue weighted by Gasteiger charge is -2.12. The van der Waals surface area contributed by atoms with Crippen LogP contribution in [-0.4, -0.2) is 12.7 Å². The van der Waals surface area contributed by atoms with Crippen LogP contribution in [-0.2, 0) is 11.2 Å². The number of fused-ring (bicyclic) bond motifs is 1. The van der Waals surface area contributed by atoms with Crippen LogP contribution in [0.3, 0.4) is 0 Å². The number of hydrogen-bond donors (Lipinski definition) is 3. The fraction of sp³-hybridized carbons (Fsp3) is 0.294. The second kappa shape index (κ2) is 8.02. The first-order chi connectivity index (χ1) is 11.6. The van der Waals surface area contributed by atoms with Crippen LogP contribution in [0, 0.1) is 5.82 Å². The van der Waals surface area contributed by atoms with E-state index in [4.69, 9.17) is 10.5 Å². The number of nitrogens with one attached hydrogen (secondary N) is 3. The molecule has 1 unspecified atom stereocenters. The molecule has 0 spiro atoms. The molecule has 25 heavy (non-hydrogen) atoms. The van der Waals surface area contributed by atoms with Crippen molar-refractivity contribution < 1.29 is 31.3 Å². The zero-order valence-electron chi connectivity index (χ0n) is 13.7. The molecule has 1 aliphatic rings. The molecule has 1 aromatic heterocycles. The second-order valence-corrected chi connectivity index (χ2v) is 5.62. The predicted molar refractivity (Wildman–Crippen MR) is 89.1 cm³/mol. The van der Waals surface area contributed by atoms with Gasteiger partial charge in [-0.15, -0.1) is 0 Å². The average molecular weight is 367 g/mol. The number of ether oxygens (including phenoxy) is 1. The van der Waals surface area contributed by atoms with Gasteiger partial charge in [-0.05, 0) is 49.1 Å². The summed E-state index contributed by atoms with van der Waals surface area (Å²) in [6.45, 7) is 2.02. The molecule has 0 saturated carbocycles. The molecule has 1 aromatic carbocycles. The number of carbonyl (C=O) groups is 1. The van der Waals surface area contributed by atoms with Crippen molar-refractivity contribution in [3.63, 3.8) is 0 Å². The molecule has 0 saturated heterocycles. The van der Waals surface area contributed by atoms with E-state index in [-0.39, 0.29) is 30.9 Å². The molecule has 5 N–H and O–H groups in total. The van der Waals surface area contributed by atoms with Gasteiger partial charge in [0.25, 0.3) is 0 Å². The van der Waals surface area contributed by atoms with Gasteiger partial charge < -0.3 is 22.9 Å². The molecule has 0 bridgehead atoms. The molecule has 8 heteroatoms. The fourth-order valence-electron chi connectivity index (χ4n) is 2.90. The summed E-state index contributed by atoms with van der Waals surface area (Å²) < 4.78 is 18.1. The summed E-state index contributed by atoms with van der Waals surface area (Å²) in [4.78, 5) is 14.5. The van der Waals surface area contributed by atoms with E-state index in [2.05, 4.69) is 15.6 Å². The van der Waals surface area contributed by atoms with Crippen LogP contribution in [0.5, 0.6) is 0 Å². The van der Waals surface area contributed by atoms with Gasteiger partial charge in [-0.3, -0.25) is 10.6 Å². The maximum absolute atomic E-state index is 13.3. The van der Waals surface area contributed by atoms with Gasteiger partial charge in [0.2, 0.25) is 11.6 Å². The SMILES string of the molecule is CCOC(=O)Nc1ccc(NC2CCc3cc(F)ccc32)[nH+]c1N.[Cl-]. The Labute approximate surface area is 151 Å². The number of pyridine rings is 1. The molecule has 2 aromatic rings. The van der Waals surface area contributed by atoms with Crippen molar-refractivity contribution in [3.05, 3.63) is 47.3 Å². The van der Waals surface area contributed by atoms with Crippen LogP contribution in [0.25, 0.3) is 0 Å². The number of anilines is 3. The molecule has 1 aliphatic carbocycles. The molecular weight excluding hydrogens is 347 g/mol. The number of aromatic nitrogens is 1. The maximum atomic E-state index is 13.3. The highest BCUT2D eigenvalue weighted by Gasteiger charge is 2.25. The number of H-pyrrole nitrogens is 1. The van der Waals surface area contributed by atoms with Gasteiger partial charge in [-0.1, -0.05) is 6.07 Å². The lowest BCUT2D eigenvalue weighted by atomic mass is 10.1. The summed E-state index contributed by atoms with van der Waals surface area (Å²) in [6, 6.07) is 8.46. The van der Waals surface area contributed by atoms with Crippen LogP contribution in [0.15, 0.2) is 30.3 Å². The van der Waals surface area contributed by atoms with Gasteiger partial charge >= 0.3 is 6.09 Å². The summed E-state index contributed by atoms with van der Waals surface area (Å²) >= 11 is 0. The molecule has 3 rings (SSSR count). The van der Waals surface area contributed by atoms with Crippen molar-refractivity contribution >= 4 is 23.4 Å². The van der Waals surface area contributed by atoms with Crippen LogP contribution >= 0.6 is 0 Å². The van der Waals surface area contributed by atoms with Gasteiger partial charge in [0.1, 0.15) is 11.5 Å². The van der Waals surface area contributed by atoms with Crippen molar-refractivity contribution in [1.82, 2.24) is 0 Å². The standard InChI is InChI=1S/C17H19FN4O2.ClH/c1-2-24-17(23)21-14-7-8-15(22-16(14)19)20-13-6-3-10-9-11(18)4-5-12(10)13;/h4-5,7-9,13H,2-3,6H2,1H3,(H,21,23)(H3,19,20,22);1H. The Morgan fingerprint density at radius 1 is 1.40 bits per heavy atom. The number of nitrogens with two attached hydrogens (primary N) is 1. The van der Waals surface area contributed by atoms with Crippen molar-refractivity contribution in [2.75, 3.05) is 23.0 Å². The number of aromatic amines is 1. The molecule has 134 valence electrons. The first-order valence-electron chi connectivity index (χ1n) is 7.87. The molecule has 0 radical (unpaired) electrons. The highest BCUT2D eigenvalue weighted by molar-refractivity contribution is 5.87. The van der Waals surface area contributed by atoms with E-state index in [0.717, 1.165) is 29.8 Å². The fourth-order valence-corrected chi connectivity index (χ4v) is 2.90. The van der Waals surface area contributed by atoms with E-state index >= 15 is 0 Å². The number of benzene rings is 1. The molecule has 6 nitrogen and oxygen atoms in total. The van der Waals surface area contributed by atoms with Crippen molar-refractivity contribution in [3.8, 4) is 0 Å². The van der Waals surface area contributed by atoms with Crippen LogP contribution in [0.1, 0.15) is 30.5 Å². The van der Waals surface area contributed by atoms with E-state index in [1.165, 1.54) is 6.07 Å². The first-order valence-corrected chi connectivity index (χ1v) is 7.87. The van der Waals surface area contributed by atoms with E-state index in [0.29, 0.717) is 11.5 Å². The Hall–Kier alpha value is -2.54. The summed E-state index contributed by atoms with van der Waals surface area (Å²) in [5.74, 6) is 0.842.